The zero-order chi connectivity index (χ0) is 13.4. The second kappa shape index (κ2) is 4.97. The van der Waals surface area contributed by atoms with Crippen LogP contribution in [0.25, 0.3) is 0 Å². The monoisotopic (exact) mass is 259 g/mol. The van der Waals surface area contributed by atoms with Gasteiger partial charge in [-0.2, -0.15) is 0 Å². The normalized spacial score (nSPS) is 32.2. The van der Waals surface area contributed by atoms with Crippen LogP contribution in [0, 0.1) is 5.92 Å². The highest BCUT2D eigenvalue weighted by molar-refractivity contribution is 5.70. The summed E-state index contributed by atoms with van der Waals surface area (Å²) < 4.78 is 0. The van der Waals surface area contributed by atoms with Gasteiger partial charge in [-0.25, -0.2) is 0 Å². The first-order valence-corrected chi connectivity index (χ1v) is 7.22. The van der Waals surface area contributed by atoms with Crippen molar-refractivity contribution in [1.82, 2.24) is 4.90 Å². The van der Waals surface area contributed by atoms with Gasteiger partial charge in [0.25, 0.3) is 0 Å². The van der Waals surface area contributed by atoms with E-state index in [0.29, 0.717) is 18.1 Å². The maximum absolute atomic E-state index is 11.2. The molecular formula is C16H21NO2. The van der Waals surface area contributed by atoms with E-state index < -0.39 is 5.97 Å². The minimum atomic E-state index is -0.607. The maximum atomic E-state index is 11.2. The average molecular weight is 259 g/mol. The Hall–Kier alpha value is -1.35. The summed E-state index contributed by atoms with van der Waals surface area (Å²) in [5.41, 5.74) is 1.34. The van der Waals surface area contributed by atoms with Crippen molar-refractivity contribution in [3.63, 3.8) is 0 Å². The lowest BCUT2D eigenvalue weighted by Crippen LogP contribution is -2.45. The second-order valence-corrected chi connectivity index (χ2v) is 5.93. The van der Waals surface area contributed by atoms with E-state index in [0.717, 1.165) is 25.7 Å². The van der Waals surface area contributed by atoms with Crippen LogP contribution in [0.15, 0.2) is 30.3 Å². The Morgan fingerprint density at radius 3 is 2.32 bits per heavy atom. The van der Waals surface area contributed by atoms with Crippen molar-refractivity contribution in [1.29, 1.82) is 0 Å². The van der Waals surface area contributed by atoms with E-state index in [-0.39, 0.29) is 5.92 Å². The van der Waals surface area contributed by atoms with Crippen LogP contribution in [-0.4, -0.2) is 28.1 Å². The molecule has 102 valence electrons. The van der Waals surface area contributed by atoms with Crippen LogP contribution in [0.3, 0.4) is 0 Å². The standard InChI is InChI=1S/C16H21NO2/c1-11(12-5-3-2-4-6-12)17-14-7-8-15(17)10-13(9-14)16(18)19/h2-6,11,13-15H,7-10H2,1H3,(H,18,19). The van der Waals surface area contributed by atoms with Crippen molar-refractivity contribution in [2.45, 2.75) is 50.7 Å². The van der Waals surface area contributed by atoms with Crippen LogP contribution >= 0.6 is 0 Å². The molecule has 3 atom stereocenters. The van der Waals surface area contributed by atoms with E-state index in [1.165, 1.54) is 5.56 Å². The summed E-state index contributed by atoms with van der Waals surface area (Å²) in [6.45, 7) is 2.25. The summed E-state index contributed by atoms with van der Waals surface area (Å²) in [4.78, 5) is 13.8. The highest BCUT2D eigenvalue weighted by Gasteiger charge is 2.44. The molecule has 0 aromatic heterocycles. The molecule has 19 heavy (non-hydrogen) atoms. The quantitative estimate of drug-likeness (QED) is 0.907. The van der Waals surface area contributed by atoms with Crippen LogP contribution in [0.5, 0.6) is 0 Å². The molecule has 1 N–H and O–H groups in total. The Labute approximate surface area is 114 Å². The fraction of sp³-hybridized carbons (Fsp3) is 0.562. The zero-order valence-electron chi connectivity index (χ0n) is 11.3. The number of hydrogen-bond acceptors (Lipinski definition) is 2. The number of aliphatic carboxylic acids is 1. The minimum Gasteiger partial charge on any atom is -0.481 e. The molecule has 1 aromatic rings. The molecular weight excluding hydrogens is 238 g/mol. The van der Waals surface area contributed by atoms with Gasteiger partial charge in [-0.15, -0.1) is 0 Å². The third kappa shape index (κ3) is 2.27. The largest absolute Gasteiger partial charge is 0.481 e. The highest BCUT2D eigenvalue weighted by Crippen LogP contribution is 2.43. The van der Waals surface area contributed by atoms with Crippen molar-refractivity contribution in [2.24, 2.45) is 5.92 Å². The van der Waals surface area contributed by atoms with Crippen molar-refractivity contribution in [3.05, 3.63) is 35.9 Å². The lowest BCUT2D eigenvalue weighted by atomic mass is 9.89. The molecule has 2 heterocycles. The first kappa shape index (κ1) is 12.7. The molecule has 2 bridgehead atoms. The van der Waals surface area contributed by atoms with Crippen LogP contribution in [-0.2, 0) is 4.79 Å². The van der Waals surface area contributed by atoms with Gasteiger partial charge in [0.2, 0.25) is 0 Å². The zero-order valence-corrected chi connectivity index (χ0v) is 11.3. The minimum absolute atomic E-state index is 0.128. The Morgan fingerprint density at radius 2 is 1.79 bits per heavy atom. The Morgan fingerprint density at radius 1 is 1.21 bits per heavy atom. The highest BCUT2D eigenvalue weighted by atomic mass is 16.4. The van der Waals surface area contributed by atoms with Gasteiger partial charge in [0, 0.05) is 18.1 Å². The Balaban J connectivity index is 1.78. The van der Waals surface area contributed by atoms with Crippen LogP contribution < -0.4 is 0 Å². The van der Waals surface area contributed by atoms with Gasteiger partial charge >= 0.3 is 5.97 Å². The maximum Gasteiger partial charge on any atom is 0.306 e. The van der Waals surface area contributed by atoms with Gasteiger partial charge in [-0.05, 0) is 38.2 Å². The van der Waals surface area contributed by atoms with Crippen molar-refractivity contribution in [3.8, 4) is 0 Å². The first-order valence-electron chi connectivity index (χ1n) is 7.22. The van der Waals surface area contributed by atoms with Crippen LogP contribution in [0.1, 0.15) is 44.2 Å². The molecule has 2 saturated heterocycles. The topological polar surface area (TPSA) is 40.5 Å². The van der Waals surface area contributed by atoms with Crippen LogP contribution in [0.2, 0.25) is 0 Å². The summed E-state index contributed by atoms with van der Waals surface area (Å²) in [6.07, 6.45) is 3.96. The summed E-state index contributed by atoms with van der Waals surface area (Å²) in [7, 11) is 0. The van der Waals surface area contributed by atoms with Crippen molar-refractivity contribution < 1.29 is 9.90 Å². The lowest BCUT2D eigenvalue weighted by molar-refractivity contribution is -0.144. The molecule has 2 aliphatic rings. The number of piperidine rings is 1. The molecule has 2 aliphatic heterocycles. The molecule has 0 radical (unpaired) electrons. The van der Waals surface area contributed by atoms with E-state index in [1.807, 2.05) is 6.07 Å². The van der Waals surface area contributed by atoms with Gasteiger partial charge in [-0.1, -0.05) is 30.3 Å². The van der Waals surface area contributed by atoms with Gasteiger partial charge in [-0.3, -0.25) is 9.69 Å². The molecule has 3 nitrogen and oxygen atoms in total. The lowest BCUT2D eigenvalue weighted by Gasteiger charge is -2.41. The van der Waals surface area contributed by atoms with E-state index in [4.69, 9.17) is 0 Å². The summed E-state index contributed by atoms with van der Waals surface area (Å²) in [6, 6.07) is 11.9. The van der Waals surface area contributed by atoms with Gasteiger partial charge in [0.1, 0.15) is 0 Å². The van der Waals surface area contributed by atoms with Gasteiger partial charge in [0.05, 0.1) is 5.92 Å². The summed E-state index contributed by atoms with van der Waals surface area (Å²) in [5.74, 6) is -0.736. The number of carbonyl (C=O) groups is 1. The molecule has 3 rings (SSSR count). The molecule has 0 spiro atoms. The Kier molecular flexibility index (Phi) is 3.31. The van der Waals surface area contributed by atoms with Crippen LogP contribution in [0.4, 0.5) is 0 Å². The number of benzene rings is 1. The molecule has 3 heteroatoms. The third-order valence-electron chi connectivity index (χ3n) is 4.87. The van der Waals surface area contributed by atoms with Crippen molar-refractivity contribution >= 4 is 5.97 Å². The second-order valence-electron chi connectivity index (χ2n) is 5.93. The first-order chi connectivity index (χ1) is 9.16. The number of rotatable bonds is 3. The fourth-order valence-electron chi connectivity index (χ4n) is 3.95. The summed E-state index contributed by atoms with van der Waals surface area (Å²) >= 11 is 0. The van der Waals surface area contributed by atoms with E-state index in [1.54, 1.807) is 0 Å². The molecule has 2 fully saturated rings. The van der Waals surface area contributed by atoms with E-state index >= 15 is 0 Å². The average Bonchev–Trinajstić information content (AvgIpc) is 2.68. The molecule has 1 aromatic carbocycles. The predicted octanol–water partition coefficient (Wildman–Crippen LogP) is 3.08. The molecule has 0 saturated carbocycles. The number of carboxylic acid groups (broad SMARTS) is 1. The number of hydrogen-bond donors (Lipinski definition) is 1. The van der Waals surface area contributed by atoms with Crippen molar-refractivity contribution in [2.75, 3.05) is 0 Å². The smallest absolute Gasteiger partial charge is 0.306 e. The van der Waals surface area contributed by atoms with E-state index in [9.17, 15) is 9.90 Å². The van der Waals surface area contributed by atoms with Gasteiger partial charge in [0.15, 0.2) is 0 Å². The molecule has 0 amide bonds. The van der Waals surface area contributed by atoms with E-state index in [2.05, 4.69) is 36.1 Å². The Bertz CT molecular complexity index is 445. The molecule has 3 unspecified atom stereocenters. The SMILES string of the molecule is CC(c1ccccc1)N1C2CCC1CC(C(=O)O)C2. The fourth-order valence-corrected chi connectivity index (χ4v) is 3.95. The third-order valence-corrected chi connectivity index (χ3v) is 4.87. The predicted molar refractivity (Wildman–Crippen MR) is 73.9 cm³/mol. The molecule has 0 aliphatic carbocycles. The summed E-state index contributed by atoms with van der Waals surface area (Å²) in [5, 5.41) is 9.22. The number of carboxylic acids is 1. The number of fused-ring (bicyclic) bond motifs is 2. The van der Waals surface area contributed by atoms with Gasteiger partial charge < -0.3 is 5.11 Å². The number of nitrogens with zero attached hydrogens (tertiary/aromatic N) is 1.